The van der Waals surface area contributed by atoms with Gasteiger partial charge in [0.25, 0.3) is 0 Å². The summed E-state index contributed by atoms with van der Waals surface area (Å²) in [4.78, 5) is 19.9. The molecule has 0 aromatic carbocycles. The molecule has 4 heterocycles. The number of rotatable bonds is 8. The second kappa shape index (κ2) is 16.5. The van der Waals surface area contributed by atoms with Crippen LogP contribution < -0.4 is 0 Å². The molecule has 52 heavy (non-hydrogen) atoms. The van der Waals surface area contributed by atoms with Crippen molar-refractivity contribution in [3.63, 3.8) is 0 Å². The summed E-state index contributed by atoms with van der Waals surface area (Å²) in [6, 6.07) is 0.932. The zero-order chi connectivity index (χ0) is 36.8. The van der Waals surface area contributed by atoms with Crippen molar-refractivity contribution in [1.29, 1.82) is 0 Å². The van der Waals surface area contributed by atoms with Crippen LogP contribution in [0.4, 0.5) is 0 Å². The zero-order valence-electron chi connectivity index (χ0n) is 33.7. The van der Waals surface area contributed by atoms with E-state index in [-0.39, 0.29) is 48.1 Å². The molecular formula is C38H72N12O2. The van der Waals surface area contributed by atoms with E-state index in [0.717, 1.165) is 105 Å². The predicted octanol–water partition coefficient (Wildman–Crippen LogP) is 1.53. The minimum atomic E-state index is -0.514. The Labute approximate surface area is 314 Å². The molecular weight excluding hydrogens is 656 g/mol. The fourth-order valence-corrected chi connectivity index (χ4v) is 12.3. The summed E-state index contributed by atoms with van der Waals surface area (Å²) in [5.74, 6) is 1.31. The fourth-order valence-electron chi connectivity index (χ4n) is 12.3. The molecule has 12 atom stereocenters. The Kier molecular flexibility index (Phi) is 12.4. The Morgan fingerprint density at radius 2 is 0.712 bits per heavy atom. The number of likely N-dealkylation sites (N-methyl/N-ethyl adjacent to an activating group) is 2. The maximum absolute atomic E-state index is 12.1. The SMILES string of the molecule is CCN1CN(C)CC2C1C(O)C(N=NC1CCC(N=NC3C(O)C4C(CN(C)CN4CC)C4C3CN(C)CN4CC)CC1)C1CN(C)CN(CC)C12. The second-order valence-corrected chi connectivity index (χ2v) is 17.8. The third kappa shape index (κ3) is 7.39. The zero-order valence-corrected chi connectivity index (χ0v) is 33.7. The Morgan fingerprint density at radius 3 is 1.02 bits per heavy atom. The Morgan fingerprint density at radius 1 is 0.423 bits per heavy atom. The normalized spacial score (nSPS) is 45.7. The molecule has 14 nitrogen and oxygen atoms in total. The molecule has 0 spiro atoms. The van der Waals surface area contributed by atoms with Gasteiger partial charge in [-0.3, -0.25) is 39.2 Å². The summed E-state index contributed by atoms with van der Waals surface area (Å²) in [6.07, 6.45) is 2.73. The third-order valence-corrected chi connectivity index (χ3v) is 14.4. The lowest BCUT2D eigenvalue weighted by Crippen LogP contribution is -2.74. The van der Waals surface area contributed by atoms with Crippen molar-refractivity contribution < 1.29 is 10.2 Å². The van der Waals surface area contributed by atoms with Crippen molar-refractivity contribution in [3.05, 3.63) is 0 Å². The average Bonchev–Trinajstić information content (AvgIpc) is 3.13. The molecule has 7 rings (SSSR count). The van der Waals surface area contributed by atoms with Crippen LogP contribution in [0.1, 0.15) is 53.4 Å². The van der Waals surface area contributed by atoms with Gasteiger partial charge in [-0.05, 0) is 80.1 Å². The van der Waals surface area contributed by atoms with Crippen LogP contribution in [0.15, 0.2) is 20.5 Å². The highest BCUT2D eigenvalue weighted by molar-refractivity contribution is 5.13. The highest BCUT2D eigenvalue weighted by atomic mass is 16.3. The lowest BCUT2D eigenvalue weighted by molar-refractivity contribution is -0.154. The molecule has 4 aliphatic heterocycles. The van der Waals surface area contributed by atoms with E-state index in [0.29, 0.717) is 23.9 Å². The van der Waals surface area contributed by atoms with Crippen LogP contribution in [0.5, 0.6) is 0 Å². The van der Waals surface area contributed by atoms with Gasteiger partial charge < -0.3 is 10.2 Å². The van der Waals surface area contributed by atoms with E-state index >= 15 is 0 Å². The number of nitrogens with zero attached hydrogens (tertiary/aromatic N) is 12. The topological polar surface area (TPSA) is 116 Å². The first-order valence-electron chi connectivity index (χ1n) is 20.9. The molecule has 0 aromatic rings. The molecule has 0 aromatic heterocycles. The Hall–Kier alpha value is -1.20. The maximum Gasteiger partial charge on any atom is 0.104 e. The van der Waals surface area contributed by atoms with Crippen molar-refractivity contribution in [1.82, 2.24) is 39.2 Å². The summed E-state index contributed by atoms with van der Waals surface area (Å²) in [5.41, 5.74) is 0. The van der Waals surface area contributed by atoms with Gasteiger partial charge in [-0.2, -0.15) is 20.5 Å². The fraction of sp³-hybridized carbons (Fsp3) is 1.00. The quantitative estimate of drug-likeness (QED) is 0.357. The summed E-state index contributed by atoms with van der Waals surface area (Å²) < 4.78 is 0. The van der Waals surface area contributed by atoms with Crippen LogP contribution in [0.25, 0.3) is 0 Å². The van der Waals surface area contributed by atoms with E-state index in [4.69, 9.17) is 20.5 Å². The number of azo groups is 2. The monoisotopic (exact) mass is 729 g/mol. The van der Waals surface area contributed by atoms with Gasteiger partial charge in [0.2, 0.25) is 0 Å². The van der Waals surface area contributed by atoms with E-state index in [1.54, 1.807) is 0 Å². The van der Waals surface area contributed by atoms with Crippen molar-refractivity contribution in [3.8, 4) is 0 Å². The lowest BCUT2D eigenvalue weighted by Gasteiger charge is -2.60. The Bertz CT molecular complexity index is 1140. The molecule has 3 saturated carbocycles. The van der Waals surface area contributed by atoms with Gasteiger partial charge in [-0.25, -0.2) is 0 Å². The lowest BCUT2D eigenvalue weighted by atomic mass is 9.66. The van der Waals surface area contributed by atoms with Crippen LogP contribution >= 0.6 is 0 Å². The largest absolute Gasteiger partial charge is 0.389 e. The predicted molar refractivity (Wildman–Crippen MR) is 204 cm³/mol. The highest BCUT2D eigenvalue weighted by Gasteiger charge is 2.58. The van der Waals surface area contributed by atoms with E-state index in [9.17, 15) is 10.2 Å². The van der Waals surface area contributed by atoms with Gasteiger partial charge in [0.15, 0.2) is 0 Å². The van der Waals surface area contributed by atoms with Gasteiger partial charge in [-0.1, -0.05) is 27.7 Å². The van der Waals surface area contributed by atoms with Gasteiger partial charge in [-0.15, -0.1) is 0 Å². The van der Waals surface area contributed by atoms with Gasteiger partial charge >= 0.3 is 0 Å². The molecule has 0 amide bonds. The molecule has 296 valence electrons. The molecule has 4 saturated heterocycles. The minimum Gasteiger partial charge on any atom is -0.389 e. The molecule has 0 radical (unpaired) electrons. The Balaban J connectivity index is 1.04. The van der Waals surface area contributed by atoms with Crippen LogP contribution in [0.3, 0.4) is 0 Å². The van der Waals surface area contributed by atoms with Crippen LogP contribution in [0, 0.1) is 23.7 Å². The van der Waals surface area contributed by atoms with Crippen LogP contribution in [-0.4, -0.2) is 217 Å². The standard InChI is InChI=1S/C38H72N12O2/c1-9-47-21-43(5)17-27-31(37(51)35-29(33(27)47)19-45(7)23-49(35)11-3)41-39-25-13-15-26(16-14-25)40-42-32-28-18-44(6)22-48(10-2)34(28)30-20-46(8)24-50(12-4)36(30)38(32)52/h25-38,51-52H,9-24H2,1-8H3. The average molecular weight is 729 g/mol. The number of aliphatic hydroxyl groups excluding tert-OH is 2. The van der Waals surface area contributed by atoms with Gasteiger partial charge in [0, 0.05) is 74.0 Å². The second-order valence-electron chi connectivity index (χ2n) is 17.8. The molecule has 12 unspecified atom stereocenters. The number of hydrogen-bond acceptors (Lipinski definition) is 14. The van der Waals surface area contributed by atoms with Crippen molar-refractivity contribution in [2.75, 3.05) is 107 Å². The number of hydrogen-bond donors (Lipinski definition) is 2. The molecule has 0 bridgehead atoms. The number of aliphatic hydroxyl groups is 2. The van der Waals surface area contributed by atoms with Crippen molar-refractivity contribution in [2.45, 2.75) is 114 Å². The first kappa shape index (κ1) is 39.1. The van der Waals surface area contributed by atoms with Crippen LogP contribution in [-0.2, 0) is 0 Å². The van der Waals surface area contributed by atoms with Gasteiger partial charge in [0.1, 0.15) is 12.1 Å². The van der Waals surface area contributed by atoms with E-state index in [1.165, 1.54) is 0 Å². The summed E-state index contributed by atoms with van der Waals surface area (Å²) in [7, 11) is 8.86. The minimum absolute atomic E-state index is 0.109. The highest BCUT2D eigenvalue weighted by Crippen LogP contribution is 2.44. The van der Waals surface area contributed by atoms with E-state index in [2.05, 4.69) is 95.1 Å². The molecule has 3 aliphatic carbocycles. The molecule has 2 N–H and O–H groups in total. The molecule has 7 aliphatic rings. The first-order chi connectivity index (χ1) is 25.1. The maximum atomic E-state index is 12.1. The summed E-state index contributed by atoms with van der Waals surface area (Å²) >= 11 is 0. The van der Waals surface area contributed by atoms with Crippen molar-refractivity contribution >= 4 is 0 Å². The van der Waals surface area contributed by atoms with Gasteiger partial charge in [0.05, 0.1) is 51.0 Å². The number of fused-ring (bicyclic) bond motifs is 6. The third-order valence-electron chi connectivity index (χ3n) is 14.4. The first-order valence-corrected chi connectivity index (χ1v) is 20.9. The van der Waals surface area contributed by atoms with Crippen molar-refractivity contribution in [2.24, 2.45) is 44.1 Å². The van der Waals surface area contributed by atoms with E-state index in [1.807, 2.05) is 0 Å². The smallest absolute Gasteiger partial charge is 0.104 e. The molecule has 7 fully saturated rings. The summed E-state index contributed by atoms with van der Waals surface area (Å²) in [5, 5.41) is 44.4. The summed E-state index contributed by atoms with van der Waals surface area (Å²) in [6.45, 7) is 20.5. The van der Waals surface area contributed by atoms with E-state index < -0.39 is 12.2 Å². The molecule has 14 heteroatoms. The van der Waals surface area contributed by atoms with Crippen LogP contribution in [0.2, 0.25) is 0 Å².